The molecule has 7 heteroatoms. The number of hydrogen-bond donors (Lipinski definition) is 0. The maximum Gasteiger partial charge on any atom is 0.223 e. The van der Waals surface area contributed by atoms with Gasteiger partial charge in [0, 0.05) is 58.6 Å². The van der Waals surface area contributed by atoms with Gasteiger partial charge in [-0.15, -0.1) is 0 Å². The minimum absolute atomic E-state index is 0.0164. The van der Waals surface area contributed by atoms with Crippen LogP contribution < -0.4 is 9.64 Å². The lowest BCUT2D eigenvalue weighted by Gasteiger charge is -2.45. The van der Waals surface area contributed by atoms with E-state index in [1.165, 1.54) is 38.9 Å². The lowest BCUT2D eigenvalue weighted by molar-refractivity contribution is -0.0673. The van der Waals surface area contributed by atoms with Gasteiger partial charge >= 0.3 is 0 Å². The Bertz CT molecular complexity index is 2350. The number of ether oxygens (including phenoxy) is 2. The number of aryl methyl sites for hydroxylation is 3. The maximum atomic E-state index is 7.06. The van der Waals surface area contributed by atoms with Gasteiger partial charge in [0.2, 0.25) is 17.7 Å². The van der Waals surface area contributed by atoms with Crippen molar-refractivity contribution < 1.29 is 9.47 Å². The smallest absolute Gasteiger partial charge is 0.223 e. The predicted octanol–water partition coefficient (Wildman–Crippen LogP) is 11.0. The highest BCUT2D eigenvalue weighted by Gasteiger charge is 2.66. The number of aliphatic imine (C=N–C) groups is 1. The number of benzene rings is 2. The highest BCUT2D eigenvalue weighted by atomic mass is 16.5. The number of rotatable bonds is 4. The van der Waals surface area contributed by atoms with Crippen LogP contribution >= 0.6 is 0 Å². The molecule has 0 N–H and O–H groups in total. The van der Waals surface area contributed by atoms with Gasteiger partial charge in [-0.1, -0.05) is 85.7 Å². The molecule has 0 saturated carbocycles. The van der Waals surface area contributed by atoms with Crippen molar-refractivity contribution >= 4 is 23.1 Å². The predicted molar refractivity (Wildman–Crippen MR) is 213 cm³/mol. The molecular weight excluding hydrogens is 655 g/mol. The molecule has 5 heterocycles. The summed E-state index contributed by atoms with van der Waals surface area (Å²) in [5.41, 5.74) is 11.0. The zero-order valence-corrected chi connectivity index (χ0v) is 33.3. The zero-order valence-electron chi connectivity index (χ0n) is 33.3. The average molecular weight is 706 g/mol. The molecule has 0 amide bonds. The Morgan fingerprint density at radius 2 is 1.51 bits per heavy atom. The molecule has 0 saturated heterocycles. The van der Waals surface area contributed by atoms with Gasteiger partial charge in [0.15, 0.2) is 0 Å². The van der Waals surface area contributed by atoms with Crippen LogP contribution in [0.5, 0.6) is 11.8 Å². The Balaban J connectivity index is 1.17. The van der Waals surface area contributed by atoms with Crippen molar-refractivity contribution in [1.29, 1.82) is 0 Å². The van der Waals surface area contributed by atoms with E-state index in [2.05, 4.69) is 129 Å². The molecule has 0 fully saturated rings. The van der Waals surface area contributed by atoms with Crippen LogP contribution in [-0.4, -0.2) is 26.5 Å². The molecule has 2 atom stereocenters. The molecule has 2 aliphatic heterocycles. The van der Waals surface area contributed by atoms with E-state index in [0.29, 0.717) is 17.7 Å². The van der Waals surface area contributed by atoms with Gasteiger partial charge in [-0.25, -0.2) is 19.9 Å². The molecule has 0 bridgehead atoms. The van der Waals surface area contributed by atoms with Gasteiger partial charge in [-0.3, -0.25) is 4.90 Å². The Kier molecular flexibility index (Phi) is 7.58. The summed E-state index contributed by atoms with van der Waals surface area (Å²) in [6, 6.07) is 23.6. The number of nitrogens with zero attached hydrogens (tertiary/aromatic N) is 5. The van der Waals surface area contributed by atoms with Crippen LogP contribution in [0, 0.1) is 26.2 Å². The monoisotopic (exact) mass is 705 g/mol. The fourth-order valence-electron chi connectivity index (χ4n) is 8.87. The number of anilines is 3. The van der Waals surface area contributed by atoms with E-state index in [0.717, 1.165) is 34.9 Å². The fraction of sp³-hybridized carbons (Fsp3) is 0.391. The van der Waals surface area contributed by atoms with E-state index in [1.807, 2.05) is 37.4 Å². The van der Waals surface area contributed by atoms with E-state index < -0.39 is 11.1 Å². The number of fused-ring (bicyclic) bond motifs is 5. The number of aromatic nitrogens is 3. The molecule has 272 valence electrons. The summed E-state index contributed by atoms with van der Waals surface area (Å²) in [5.74, 6) is 2.38. The maximum absolute atomic E-state index is 7.06. The van der Waals surface area contributed by atoms with Crippen LogP contribution in [0.25, 0.3) is 0 Å². The van der Waals surface area contributed by atoms with Crippen molar-refractivity contribution in [2.24, 2.45) is 10.4 Å². The van der Waals surface area contributed by atoms with Crippen LogP contribution in [0.1, 0.15) is 113 Å². The second-order valence-corrected chi connectivity index (χ2v) is 18.0. The Morgan fingerprint density at radius 1 is 0.755 bits per heavy atom. The molecule has 53 heavy (non-hydrogen) atoms. The summed E-state index contributed by atoms with van der Waals surface area (Å²) in [4.78, 5) is 22.0. The third kappa shape index (κ3) is 5.29. The minimum Gasteiger partial charge on any atom is -0.467 e. The van der Waals surface area contributed by atoms with Crippen molar-refractivity contribution in [3.8, 4) is 11.8 Å². The van der Waals surface area contributed by atoms with E-state index in [9.17, 15) is 0 Å². The molecule has 3 aliphatic rings. The first kappa shape index (κ1) is 35.0. The Hall–Kier alpha value is -5.04. The van der Waals surface area contributed by atoms with Gasteiger partial charge in [0.1, 0.15) is 17.0 Å². The van der Waals surface area contributed by atoms with Gasteiger partial charge in [-0.2, -0.15) is 0 Å². The normalized spacial score (nSPS) is 21.3. The zero-order chi connectivity index (χ0) is 37.9. The van der Waals surface area contributed by atoms with Gasteiger partial charge in [-0.05, 0) is 90.8 Å². The molecule has 2 aromatic carbocycles. The summed E-state index contributed by atoms with van der Waals surface area (Å²) in [6.45, 7) is 26.7. The molecular formula is C46H51N5O2. The van der Waals surface area contributed by atoms with E-state index >= 15 is 0 Å². The Labute approximate surface area is 314 Å². The molecule has 5 aromatic rings. The van der Waals surface area contributed by atoms with Crippen LogP contribution in [0.2, 0.25) is 0 Å². The van der Waals surface area contributed by atoms with Crippen molar-refractivity contribution in [1.82, 2.24) is 15.0 Å². The van der Waals surface area contributed by atoms with Crippen molar-refractivity contribution in [2.45, 2.75) is 111 Å². The highest BCUT2D eigenvalue weighted by molar-refractivity contribution is 5.97. The lowest BCUT2D eigenvalue weighted by atomic mass is 9.66. The second kappa shape index (κ2) is 11.5. The van der Waals surface area contributed by atoms with Crippen LogP contribution in [-0.2, 0) is 27.5 Å². The molecule has 0 unspecified atom stereocenters. The Morgan fingerprint density at radius 3 is 2.25 bits per heavy atom. The highest BCUT2D eigenvalue weighted by Crippen LogP contribution is 2.60. The molecule has 8 rings (SSSR count). The van der Waals surface area contributed by atoms with Crippen molar-refractivity contribution in [2.75, 3.05) is 4.90 Å². The summed E-state index contributed by atoms with van der Waals surface area (Å²) >= 11 is 0. The topological polar surface area (TPSA) is 72.7 Å². The fourth-order valence-corrected chi connectivity index (χ4v) is 8.87. The van der Waals surface area contributed by atoms with Gasteiger partial charge < -0.3 is 9.47 Å². The van der Waals surface area contributed by atoms with Crippen LogP contribution in [0.4, 0.5) is 17.2 Å². The molecule has 0 radical (unpaired) electrons. The quantitative estimate of drug-likeness (QED) is 0.185. The van der Waals surface area contributed by atoms with Gasteiger partial charge in [0.05, 0.1) is 11.4 Å². The van der Waals surface area contributed by atoms with Crippen molar-refractivity contribution in [3.05, 3.63) is 129 Å². The molecule has 1 aliphatic carbocycles. The first-order valence-corrected chi connectivity index (χ1v) is 18.8. The summed E-state index contributed by atoms with van der Waals surface area (Å²) in [6.07, 6.45) is 4.42. The number of hydrogen-bond acceptors (Lipinski definition) is 7. The van der Waals surface area contributed by atoms with E-state index in [4.69, 9.17) is 24.4 Å². The first-order chi connectivity index (χ1) is 24.8. The summed E-state index contributed by atoms with van der Waals surface area (Å²) < 4.78 is 13.6. The summed E-state index contributed by atoms with van der Waals surface area (Å²) in [7, 11) is 0. The first-order valence-electron chi connectivity index (χ1n) is 18.8. The lowest BCUT2D eigenvalue weighted by Crippen LogP contribution is -2.54. The standard InChI is InChI=1S/C46H51N5O2/c1-27-20-31-26-46(43(7,8)9)45(12,35(31)21-28(27)2)50-41(53-46)30-17-19-47-38(23-30)52-39-25-33(22-29(3)49-39)51-37-16-15-32(42(4,5)6)24-36(37)44(10,11)34-14-13-18-48-40(34)51/h13-25H,26H2,1-12H3/t45-,46-/m1/s1. The van der Waals surface area contributed by atoms with E-state index in [1.54, 1.807) is 6.20 Å². The third-order valence-electron chi connectivity index (χ3n) is 12.1. The van der Waals surface area contributed by atoms with Crippen molar-refractivity contribution in [3.63, 3.8) is 0 Å². The average Bonchev–Trinajstić information content (AvgIpc) is 3.51. The molecule has 7 nitrogen and oxygen atoms in total. The van der Waals surface area contributed by atoms with Gasteiger partial charge in [0.25, 0.3) is 0 Å². The molecule has 0 spiro atoms. The largest absolute Gasteiger partial charge is 0.467 e. The van der Waals surface area contributed by atoms with Crippen LogP contribution in [0.15, 0.2) is 84.1 Å². The van der Waals surface area contributed by atoms with Crippen LogP contribution in [0.3, 0.4) is 0 Å². The summed E-state index contributed by atoms with van der Waals surface area (Å²) in [5, 5.41) is 0. The molecule has 3 aromatic heterocycles. The van der Waals surface area contributed by atoms with E-state index in [-0.39, 0.29) is 16.2 Å². The third-order valence-corrected chi connectivity index (χ3v) is 12.1. The second-order valence-electron chi connectivity index (χ2n) is 18.0. The SMILES string of the molecule is Cc1cc(N2c3ccc(C(C)(C)C)cc3C(C)(C)c3cccnc32)cc(Oc2cc(C3=N[C@]4(C)c5cc(C)c(C)cc5C[C@]4(C(C)(C)C)O3)ccn2)n1. The number of pyridine rings is 3. The minimum atomic E-state index is -0.539.